The van der Waals surface area contributed by atoms with E-state index in [1.807, 2.05) is 24.3 Å². The zero-order valence-corrected chi connectivity index (χ0v) is 18.6. The molecule has 1 saturated heterocycles. The van der Waals surface area contributed by atoms with Crippen molar-refractivity contribution in [1.82, 2.24) is 4.31 Å². The normalized spacial score (nSPS) is 17.8. The first-order valence-electron chi connectivity index (χ1n) is 10.0. The van der Waals surface area contributed by atoms with Crippen molar-refractivity contribution in [3.63, 3.8) is 0 Å². The molecule has 1 N–H and O–H groups in total. The molecular formula is C22H28N2O3S2. The van der Waals surface area contributed by atoms with Crippen molar-refractivity contribution >= 4 is 33.4 Å². The van der Waals surface area contributed by atoms with E-state index in [0.717, 1.165) is 29.9 Å². The Kier molecular flexibility index (Phi) is 7.38. The van der Waals surface area contributed by atoms with Crippen LogP contribution in [0.5, 0.6) is 0 Å². The average Bonchev–Trinajstić information content (AvgIpc) is 2.73. The predicted octanol–water partition coefficient (Wildman–Crippen LogP) is 4.86. The largest absolute Gasteiger partial charge is 0.322 e. The molecule has 1 fully saturated rings. The highest BCUT2D eigenvalue weighted by Gasteiger charge is 2.28. The number of thioether (sulfide) groups is 1. The third kappa shape index (κ3) is 5.41. The van der Waals surface area contributed by atoms with E-state index >= 15 is 0 Å². The average molecular weight is 433 g/mol. The standard InChI is InChI=1S/C22H28N2O3S2/c1-3-15-28-21-9-5-4-8-20(21)22(25)23-18-10-12-19(13-11-18)29(26,27)24-14-6-7-17(2)16-24/h4-5,8-13,17H,3,6-7,14-16H2,1-2H3,(H,23,25). The maximum absolute atomic E-state index is 12.9. The number of amides is 1. The van der Waals surface area contributed by atoms with E-state index in [2.05, 4.69) is 19.2 Å². The van der Waals surface area contributed by atoms with E-state index in [0.29, 0.717) is 30.3 Å². The molecule has 1 unspecified atom stereocenters. The summed E-state index contributed by atoms with van der Waals surface area (Å²) in [7, 11) is -3.49. The van der Waals surface area contributed by atoms with Gasteiger partial charge >= 0.3 is 0 Å². The minimum Gasteiger partial charge on any atom is -0.322 e. The minimum atomic E-state index is -3.49. The lowest BCUT2D eigenvalue weighted by Crippen LogP contribution is -2.39. The summed E-state index contributed by atoms with van der Waals surface area (Å²) < 4.78 is 27.3. The topological polar surface area (TPSA) is 66.5 Å². The molecule has 0 spiro atoms. The van der Waals surface area contributed by atoms with Crippen molar-refractivity contribution in [1.29, 1.82) is 0 Å². The van der Waals surface area contributed by atoms with Gasteiger partial charge in [-0.25, -0.2) is 8.42 Å². The molecular weight excluding hydrogens is 404 g/mol. The summed E-state index contributed by atoms with van der Waals surface area (Å²) in [6.45, 7) is 5.32. The van der Waals surface area contributed by atoms with Crippen LogP contribution in [-0.2, 0) is 10.0 Å². The van der Waals surface area contributed by atoms with Crippen LogP contribution in [-0.4, -0.2) is 37.5 Å². The second-order valence-corrected chi connectivity index (χ2v) is 10.5. The highest BCUT2D eigenvalue weighted by molar-refractivity contribution is 7.99. The van der Waals surface area contributed by atoms with Crippen molar-refractivity contribution < 1.29 is 13.2 Å². The first kappa shape index (κ1) is 21.9. The fraction of sp³-hybridized carbons (Fsp3) is 0.409. The molecule has 1 atom stereocenters. The lowest BCUT2D eigenvalue weighted by Gasteiger charge is -2.30. The second kappa shape index (κ2) is 9.78. The summed E-state index contributed by atoms with van der Waals surface area (Å²) >= 11 is 1.66. The number of nitrogens with zero attached hydrogens (tertiary/aromatic N) is 1. The summed E-state index contributed by atoms with van der Waals surface area (Å²) in [5.41, 5.74) is 1.21. The minimum absolute atomic E-state index is 0.190. The fourth-order valence-corrected chi connectivity index (χ4v) is 5.93. The van der Waals surface area contributed by atoms with Crippen LogP contribution in [0.15, 0.2) is 58.3 Å². The van der Waals surface area contributed by atoms with Crippen LogP contribution in [0.1, 0.15) is 43.5 Å². The molecule has 5 nitrogen and oxygen atoms in total. The Labute approximate surface area is 177 Å². The van der Waals surface area contributed by atoms with Gasteiger partial charge < -0.3 is 5.32 Å². The number of anilines is 1. The van der Waals surface area contributed by atoms with Crippen LogP contribution < -0.4 is 5.32 Å². The summed E-state index contributed by atoms with van der Waals surface area (Å²) in [6, 6.07) is 14.0. The lowest BCUT2D eigenvalue weighted by molar-refractivity contribution is 0.102. The van der Waals surface area contributed by atoms with E-state index in [1.54, 1.807) is 40.3 Å². The van der Waals surface area contributed by atoms with Gasteiger partial charge in [-0.05, 0) is 67.3 Å². The van der Waals surface area contributed by atoms with Gasteiger partial charge in [-0.15, -0.1) is 11.8 Å². The fourth-order valence-electron chi connectivity index (χ4n) is 3.41. The Balaban J connectivity index is 1.72. The number of hydrogen-bond donors (Lipinski definition) is 1. The molecule has 0 aliphatic carbocycles. The SMILES string of the molecule is CCCSc1ccccc1C(=O)Nc1ccc(S(=O)(=O)N2CCCC(C)C2)cc1. The molecule has 2 aromatic carbocycles. The number of carbonyl (C=O) groups excluding carboxylic acids is 1. The molecule has 156 valence electrons. The summed E-state index contributed by atoms with van der Waals surface area (Å²) in [6.07, 6.45) is 2.99. The number of piperidine rings is 1. The van der Waals surface area contributed by atoms with Crippen molar-refractivity contribution in [2.75, 3.05) is 24.2 Å². The van der Waals surface area contributed by atoms with Gasteiger partial charge in [0.1, 0.15) is 0 Å². The molecule has 3 rings (SSSR count). The van der Waals surface area contributed by atoms with Crippen LogP contribution in [0.3, 0.4) is 0 Å². The molecule has 0 aromatic heterocycles. The molecule has 7 heteroatoms. The molecule has 0 radical (unpaired) electrons. The van der Waals surface area contributed by atoms with Gasteiger partial charge in [0.2, 0.25) is 10.0 Å². The van der Waals surface area contributed by atoms with Gasteiger partial charge in [0.15, 0.2) is 0 Å². The van der Waals surface area contributed by atoms with Crippen LogP contribution in [0.25, 0.3) is 0 Å². The summed E-state index contributed by atoms with van der Waals surface area (Å²) in [5, 5.41) is 2.88. The first-order valence-corrected chi connectivity index (χ1v) is 12.5. The van der Waals surface area contributed by atoms with Crippen LogP contribution >= 0.6 is 11.8 Å². The summed E-state index contributed by atoms with van der Waals surface area (Å²) in [4.78, 5) is 13.9. The molecule has 2 aromatic rings. The Morgan fingerprint density at radius 3 is 2.59 bits per heavy atom. The van der Waals surface area contributed by atoms with E-state index in [1.165, 1.54) is 0 Å². The van der Waals surface area contributed by atoms with Crippen LogP contribution in [0, 0.1) is 5.92 Å². The first-order chi connectivity index (χ1) is 13.9. The third-order valence-electron chi connectivity index (χ3n) is 4.96. The van der Waals surface area contributed by atoms with Gasteiger partial charge in [-0.3, -0.25) is 4.79 Å². The monoisotopic (exact) mass is 432 g/mol. The maximum atomic E-state index is 12.9. The number of sulfonamides is 1. The van der Waals surface area contributed by atoms with E-state index in [-0.39, 0.29) is 10.8 Å². The Morgan fingerprint density at radius 2 is 1.90 bits per heavy atom. The van der Waals surface area contributed by atoms with Gasteiger partial charge in [0, 0.05) is 23.7 Å². The Morgan fingerprint density at radius 1 is 1.17 bits per heavy atom. The number of nitrogens with one attached hydrogen (secondary N) is 1. The van der Waals surface area contributed by atoms with Crippen molar-refractivity contribution in [3.05, 3.63) is 54.1 Å². The molecule has 1 heterocycles. The quantitative estimate of drug-likeness (QED) is 0.635. The Hall–Kier alpha value is -1.83. The van der Waals surface area contributed by atoms with Gasteiger partial charge in [-0.2, -0.15) is 4.31 Å². The highest BCUT2D eigenvalue weighted by Crippen LogP contribution is 2.26. The van der Waals surface area contributed by atoms with Crippen molar-refractivity contribution in [2.24, 2.45) is 5.92 Å². The zero-order valence-electron chi connectivity index (χ0n) is 16.9. The molecule has 1 aliphatic rings. The van der Waals surface area contributed by atoms with Gasteiger partial charge in [0.05, 0.1) is 10.5 Å². The third-order valence-corrected chi connectivity index (χ3v) is 8.12. The van der Waals surface area contributed by atoms with Crippen LogP contribution in [0.4, 0.5) is 5.69 Å². The molecule has 1 amide bonds. The van der Waals surface area contributed by atoms with Gasteiger partial charge in [-0.1, -0.05) is 26.0 Å². The van der Waals surface area contributed by atoms with Gasteiger partial charge in [0.25, 0.3) is 5.91 Å². The van der Waals surface area contributed by atoms with Crippen LogP contribution in [0.2, 0.25) is 0 Å². The Bertz CT molecular complexity index is 943. The molecule has 0 saturated carbocycles. The number of hydrogen-bond acceptors (Lipinski definition) is 4. The molecule has 29 heavy (non-hydrogen) atoms. The van der Waals surface area contributed by atoms with E-state index in [4.69, 9.17) is 0 Å². The van der Waals surface area contributed by atoms with Crippen molar-refractivity contribution in [3.8, 4) is 0 Å². The van der Waals surface area contributed by atoms with E-state index < -0.39 is 10.0 Å². The predicted molar refractivity (Wildman–Crippen MR) is 119 cm³/mol. The lowest BCUT2D eigenvalue weighted by atomic mass is 10.0. The number of benzene rings is 2. The van der Waals surface area contributed by atoms with E-state index in [9.17, 15) is 13.2 Å². The maximum Gasteiger partial charge on any atom is 0.256 e. The number of carbonyl (C=O) groups is 1. The highest BCUT2D eigenvalue weighted by atomic mass is 32.2. The molecule has 1 aliphatic heterocycles. The molecule has 0 bridgehead atoms. The number of rotatable bonds is 7. The second-order valence-electron chi connectivity index (χ2n) is 7.43. The van der Waals surface area contributed by atoms with Crippen molar-refractivity contribution in [2.45, 2.75) is 42.9 Å². The zero-order chi connectivity index (χ0) is 20.9. The smallest absolute Gasteiger partial charge is 0.256 e. The summed E-state index contributed by atoms with van der Waals surface area (Å²) in [5.74, 6) is 1.14.